The Balaban J connectivity index is 2.25. The van der Waals surface area contributed by atoms with Crippen molar-refractivity contribution in [3.05, 3.63) is 47.0 Å². The van der Waals surface area contributed by atoms with Crippen LogP contribution >= 0.6 is 0 Å². The first-order chi connectivity index (χ1) is 10.2. The Morgan fingerprint density at radius 3 is 2.67 bits per heavy atom. The fraction of sp³-hybridized carbons (Fsp3) is 0.529. The van der Waals surface area contributed by atoms with E-state index in [2.05, 4.69) is 59.9 Å². The molecule has 2 aromatic rings. The van der Waals surface area contributed by atoms with Crippen molar-refractivity contribution in [2.75, 3.05) is 6.54 Å². The van der Waals surface area contributed by atoms with Crippen molar-refractivity contribution < 1.29 is 0 Å². The molecule has 4 heteroatoms. The lowest BCUT2D eigenvalue weighted by Gasteiger charge is -2.18. The molecule has 0 aliphatic heterocycles. The monoisotopic (exact) mass is 286 g/mol. The van der Waals surface area contributed by atoms with Crippen molar-refractivity contribution in [2.24, 2.45) is 0 Å². The molecule has 0 aliphatic rings. The maximum atomic E-state index is 4.64. The van der Waals surface area contributed by atoms with Crippen molar-refractivity contribution in [3.63, 3.8) is 0 Å². The normalized spacial score (nSPS) is 12.6. The number of aromatic nitrogens is 3. The van der Waals surface area contributed by atoms with Gasteiger partial charge in [-0.3, -0.25) is 9.67 Å². The molecule has 0 fully saturated rings. The van der Waals surface area contributed by atoms with E-state index in [0.717, 1.165) is 31.6 Å². The van der Waals surface area contributed by atoms with Crippen LogP contribution in [0.15, 0.2) is 24.4 Å². The molecule has 0 bridgehead atoms. The molecule has 4 nitrogen and oxygen atoms in total. The van der Waals surface area contributed by atoms with E-state index < -0.39 is 0 Å². The summed E-state index contributed by atoms with van der Waals surface area (Å²) in [6, 6.07) is 6.67. The largest absolute Gasteiger partial charge is 0.309 e. The van der Waals surface area contributed by atoms with Crippen molar-refractivity contribution in [1.29, 1.82) is 0 Å². The number of aryl methyl sites for hydroxylation is 3. The second-order valence-corrected chi connectivity index (χ2v) is 5.37. The van der Waals surface area contributed by atoms with Gasteiger partial charge >= 0.3 is 0 Å². The zero-order valence-electron chi connectivity index (χ0n) is 13.6. The molecule has 21 heavy (non-hydrogen) atoms. The third kappa shape index (κ3) is 3.91. The molecule has 1 N–H and O–H groups in total. The third-order valence-corrected chi connectivity index (χ3v) is 3.73. The number of nitrogens with zero attached hydrogens (tertiary/aromatic N) is 3. The van der Waals surface area contributed by atoms with E-state index in [0.29, 0.717) is 0 Å². The Morgan fingerprint density at radius 2 is 2.05 bits per heavy atom. The first kappa shape index (κ1) is 15.7. The molecule has 0 spiro atoms. The van der Waals surface area contributed by atoms with Gasteiger partial charge in [0.2, 0.25) is 0 Å². The molecule has 0 radical (unpaired) electrons. The van der Waals surface area contributed by atoms with E-state index >= 15 is 0 Å². The first-order valence-electron chi connectivity index (χ1n) is 7.89. The number of pyridine rings is 1. The molecule has 1 atom stereocenters. The Kier molecular flexibility index (Phi) is 5.51. The fourth-order valence-corrected chi connectivity index (χ4v) is 2.61. The van der Waals surface area contributed by atoms with Crippen LogP contribution in [0.1, 0.15) is 49.5 Å². The highest BCUT2D eigenvalue weighted by Crippen LogP contribution is 2.18. The summed E-state index contributed by atoms with van der Waals surface area (Å²) >= 11 is 0. The first-order valence-corrected chi connectivity index (χ1v) is 7.89. The van der Waals surface area contributed by atoms with Gasteiger partial charge in [-0.15, -0.1) is 0 Å². The van der Waals surface area contributed by atoms with Crippen LogP contribution in [-0.4, -0.2) is 21.3 Å². The van der Waals surface area contributed by atoms with Crippen molar-refractivity contribution in [2.45, 2.75) is 53.1 Å². The average molecular weight is 286 g/mol. The standard InChI is InChI=1S/C17H26N4/c1-5-14-11-15(21(7-3)20-14)12-17(18-6-2)16-10-13(4)8-9-19-16/h8-11,17-18H,5-7,12H2,1-4H3. The van der Waals surface area contributed by atoms with E-state index in [9.17, 15) is 0 Å². The molecule has 0 amide bonds. The second-order valence-electron chi connectivity index (χ2n) is 5.37. The molecular formula is C17H26N4. The predicted octanol–water partition coefficient (Wildman–Crippen LogP) is 3.06. The summed E-state index contributed by atoms with van der Waals surface area (Å²) in [5, 5.41) is 8.19. The summed E-state index contributed by atoms with van der Waals surface area (Å²) in [6.45, 7) is 10.4. The second kappa shape index (κ2) is 7.36. The van der Waals surface area contributed by atoms with Crippen LogP contribution in [0.5, 0.6) is 0 Å². The third-order valence-electron chi connectivity index (χ3n) is 3.73. The zero-order chi connectivity index (χ0) is 15.2. The number of likely N-dealkylation sites (N-methyl/N-ethyl adjacent to an activating group) is 1. The lowest BCUT2D eigenvalue weighted by molar-refractivity contribution is 0.506. The van der Waals surface area contributed by atoms with Gasteiger partial charge in [-0.05, 0) is 50.6 Å². The summed E-state index contributed by atoms with van der Waals surface area (Å²) in [4.78, 5) is 4.54. The molecular weight excluding hydrogens is 260 g/mol. The maximum Gasteiger partial charge on any atom is 0.0624 e. The Morgan fingerprint density at radius 1 is 1.24 bits per heavy atom. The molecule has 2 aromatic heterocycles. The van der Waals surface area contributed by atoms with E-state index in [1.807, 2.05) is 12.3 Å². The summed E-state index contributed by atoms with van der Waals surface area (Å²) in [6.07, 6.45) is 3.79. The predicted molar refractivity (Wildman–Crippen MR) is 86.4 cm³/mol. The van der Waals surface area contributed by atoms with E-state index in [-0.39, 0.29) is 6.04 Å². The van der Waals surface area contributed by atoms with Gasteiger partial charge in [0.1, 0.15) is 0 Å². The van der Waals surface area contributed by atoms with Gasteiger partial charge in [0, 0.05) is 24.9 Å². The molecule has 0 saturated heterocycles. The van der Waals surface area contributed by atoms with Gasteiger partial charge in [-0.2, -0.15) is 5.10 Å². The highest BCUT2D eigenvalue weighted by atomic mass is 15.3. The minimum absolute atomic E-state index is 0.238. The van der Waals surface area contributed by atoms with Gasteiger partial charge in [0.15, 0.2) is 0 Å². The maximum absolute atomic E-state index is 4.64. The van der Waals surface area contributed by atoms with Crippen molar-refractivity contribution in [3.8, 4) is 0 Å². The molecule has 114 valence electrons. The summed E-state index contributed by atoms with van der Waals surface area (Å²) < 4.78 is 2.11. The molecule has 0 aliphatic carbocycles. The topological polar surface area (TPSA) is 42.7 Å². The van der Waals surface area contributed by atoms with Crippen molar-refractivity contribution in [1.82, 2.24) is 20.1 Å². The molecule has 0 saturated carbocycles. The summed E-state index contributed by atoms with van der Waals surface area (Å²) in [5.74, 6) is 0. The van der Waals surface area contributed by atoms with Crippen LogP contribution in [0.25, 0.3) is 0 Å². The highest BCUT2D eigenvalue weighted by molar-refractivity contribution is 5.20. The number of rotatable bonds is 7. The zero-order valence-corrected chi connectivity index (χ0v) is 13.6. The van der Waals surface area contributed by atoms with Crippen LogP contribution in [0.2, 0.25) is 0 Å². The van der Waals surface area contributed by atoms with Gasteiger partial charge in [0.05, 0.1) is 17.4 Å². The fourth-order valence-electron chi connectivity index (χ4n) is 2.61. The number of hydrogen-bond acceptors (Lipinski definition) is 3. The minimum Gasteiger partial charge on any atom is -0.309 e. The molecule has 0 aromatic carbocycles. The highest BCUT2D eigenvalue weighted by Gasteiger charge is 2.16. The smallest absolute Gasteiger partial charge is 0.0624 e. The van der Waals surface area contributed by atoms with E-state index in [4.69, 9.17) is 0 Å². The average Bonchev–Trinajstić information content (AvgIpc) is 2.89. The molecule has 1 unspecified atom stereocenters. The Hall–Kier alpha value is -1.68. The summed E-state index contributed by atoms with van der Waals surface area (Å²) in [7, 11) is 0. The minimum atomic E-state index is 0.238. The van der Waals surface area contributed by atoms with Crippen LogP contribution in [-0.2, 0) is 19.4 Å². The van der Waals surface area contributed by atoms with Gasteiger partial charge in [0.25, 0.3) is 0 Å². The van der Waals surface area contributed by atoms with Crippen LogP contribution in [0, 0.1) is 6.92 Å². The van der Waals surface area contributed by atoms with Crippen LogP contribution in [0.3, 0.4) is 0 Å². The Bertz CT molecular complexity index is 574. The Labute approximate surface area is 127 Å². The van der Waals surface area contributed by atoms with E-state index in [1.165, 1.54) is 17.0 Å². The SMILES string of the molecule is CCNC(Cc1cc(CC)nn1CC)c1cc(C)ccn1. The van der Waals surface area contributed by atoms with E-state index in [1.54, 1.807) is 0 Å². The molecule has 2 rings (SSSR count). The quantitative estimate of drug-likeness (QED) is 0.850. The van der Waals surface area contributed by atoms with Gasteiger partial charge < -0.3 is 5.32 Å². The molecule has 2 heterocycles. The van der Waals surface area contributed by atoms with Crippen LogP contribution < -0.4 is 5.32 Å². The summed E-state index contributed by atoms with van der Waals surface area (Å²) in [5.41, 5.74) is 4.81. The van der Waals surface area contributed by atoms with Crippen LogP contribution in [0.4, 0.5) is 0 Å². The number of nitrogens with one attached hydrogen (secondary N) is 1. The lowest BCUT2D eigenvalue weighted by Crippen LogP contribution is -2.25. The van der Waals surface area contributed by atoms with Gasteiger partial charge in [-0.1, -0.05) is 13.8 Å². The van der Waals surface area contributed by atoms with Crippen molar-refractivity contribution >= 4 is 0 Å². The van der Waals surface area contributed by atoms with Gasteiger partial charge in [-0.25, -0.2) is 0 Å². The lowest BCUT2D eigenvalue weighted by atomic mass is 10.0. The number of hydrogen-bond donors (Lipinski definition) is 1.